The lowest BCUT2D eigenvalue weighted by atomic mass is 9.94. The van der Waals surface area contributed by atoms with Crippen molar-refractivity contribution in [1.82, 2.24) is 25.4 Å². The van der Waals surface area contributed by atoms with Crippen molar-refractivity contribution < 1.29 is 4.74 Å². The van der Waals surface area contributed by atoms with E-state index in [4.69, 9.17) is 4.74 Å². The maximum atomic E-state index is 6.38. The number of hydrogen-bond acceptors (Lipinski definition) is 5. The van der Waals surface area contributed by atoms with Crippen LogP contribution in [0.2, 0.25) is 0 Å². The number of fused-ring (bicyclic) bond motifs is 2. The SMILES string of the molecule is Cc1nc(CNCc2ccc(O[C@]34CCCN(CC3)C4)cc2)n[nH]1. The maximum absolute atomic E-state index is 6.38. The zero-order valence-corrected chi connectivity index (χ0v) is 14.2. The number of benzene rings is 1. The third-order valence-electron chi connectivity index (χ3n) is 5.02. The minimum Gasteiger partial charge on any atom is -0.486 e. The fraction of sp³-hybridized carbons (Fsp3) is 0.556. The minimum absolute atomic E-state index is 0.0570. The first-order valence-electron chi connectivity index (χ1n) is 8.80. The molecule has 0 radical (unpaired) electrons. The van der Waals surface area contributed by atoms with Gasteiger partial charge in [-0.3, -0.25) is 10.00 Å². The number of nitrogens with zero attached hydrogens (tertiary/aromatic N) is 3. The van der Waals surface area contributed by atoms with Crippen molar-refractivity contribution in [2.75, 3.05) is 19.6 Å². The molecule has 1 unspecified atom stereocenters. The second-order valence-electron chi connectivity index (χ2n) is 7.00. The molecule has 2 atom stereocenters. The molecule has 4 rings (SSSR count). The molecule has 0 spiro atoms. The summed E-state index contributed by atoms with van der Waals surface area (Å²) in [7, 11) is 0. The summed E-state index contributed by atoms with van der Waals surface area (Å²) in [6, 6.07) is 8.47. The Morgan fingerprint density at radius 2 is 2.08 bits per heavy atom. The normalized spacial score (nSPS) is 25.8. The number of rotatable bonds is 6. The molecule has 2 aromatic rings. The fourth-order valence-electron chi connectivity index (χ4n) is 3.79. The number of piperidine rings is 1. The molecule has 3 heterocycles. The first-order chi connectivity index (χ1) is 11.7. The lowest BCUT2D eigenvalue weighted by Gasteiger charge is -2.34. The summed E-state index contributed by atoms with van der Waals surface area (Å²) in [6.45, 7) is 6.88. The van der Waals surface area contributed by atoms with Crippen molar-refractivity contribution in [3.05, 3.63) is 41.5 Å². The molecule has 2 saturated heterocycles. The summed E-state index contributed by atoms with van der Waals surface area (Å²) in [5.41, 5.74) is 1.30. The Bertz CT molecular complexity index is 679. The molecule has 2 bridgehead atoms. The van der Waals surface area contributed by atoms with Crippen LogP contribution in [0.15, 0.2) is 24.3 Å². The summed E-state index contributed by atoms with van der Waals surface area (Å²) in [6.07, 6.45) is 3.60. The molecule has 6 nitrogen and oxygen atoms in total. The summed E-state index contributed by atoms with van der Waals surface area (Å²) >= 11 is 0. The van der Waals surface area contributed by atoms with Crippen LogP contribution >= 0.6 is 0 Å². The van der Waals surface area contributed by atoms with Crippen LogP contribution in [-0.2, 0) is 13.1 Å². The van der Waals surface area contributed by atoms with Crippen LogP contribution < -0.4 is 10.1 Å². The molecule has 2 fully saturated rings. The quantitative estimate of drug-likeness (QED) is 0.850. The molecule has 1 aromatic heterocycles. The van der Waals surface area contributed by atoms with E-state index in [1.807, 2.05) is 6.92 Å². The second-order valence-corrected chi connectivity index (χ2v) is 7.00. The molecule has 24 heavy (non-hydrogen) atoms. The van der Waals surface area contributed by atoms with E-state index in [1.165, 1.54) is 31.5 Å². The van der Waals surface area contributed by atoms with Gasteiger partial charge in [0.15, 0.2) is 5.82 Å². The lowest BCUT2D eigenvalue weighted by molar-refractivity contribution is 0.0453. The third-order valence-corrected chi connectivity index (χ3v) is 5.02. The lowest BCUT2D eigenvalue weighted by Crippen LogP contribution is -2.43. The highest BCUT2D eigenvalue weighted by molar-refractivity contribution is 5.28. The van der Waals surface area contributed by atoms with Crippen molar-refractivity contribution in [1.29, 1.82) is 0 Å². The molecule has 6 heteroatoms. The minimum atomic E-state index is 0.0570. The van der Waals surface area contributed by atoms with Crippen LogP contribution in [0.25, 0.3) is 0 Å². The Kier molecular flexibility index (Phi) is 4.24. The maximum Gasteiger partial charge on any atom is 0.164 e. The Morgan fingerprint density at radius 1 is 1.21 bits per heavy atom. The first kappa shape index (κ1) is 15.6. The summed E-state index contributed by atoms with van der Waals surface area (Å²) in [5, 5.41) is 10.3. The van der Waals surface area contributed by atoms with Crippen LogP contribution in [-0.4, -0.2) is 45.3 Å². The van der Waals surface area contributed by atoms with Gasteiger partial charge in [0.25, 0.3) is 0 Å². The highest BCUT2D eigenvalue weighted by Crippen LogP contribution is 2.35. The van der Waals surface area contributed by atoms with Crippen LogP contribution in [0.3, 0.4) is 0 Å². The largest absolute Gasteiger partial charge is 0.486 e. The highest BCUT2D eigenvalue weighted by atomic mass is 16.5. The Hall–Kier alpha value is -1.92. The van der Waals surface area contributed by atoms with Crippen molar-refractivity contribution in [3.8, 4) is 5.75 Å². The number of aromatic amines is 1. The monoisotopic (exact) mass is 327 g/mol. The number of H-pyrrole nitrogens is 1. The Morgan fingerprint density at radius 3 is 2.88 bits per heavy atom. The fourth-order valence-corrected chi connectivity index (χ4v) is 3.79. The number of aryl methyl sites for hydroxylation is 1. The summed E-state index contributed by atoms with van der Waals surface area (Å²) < 4.78 is 6.38. The van der Waals surface area contributed by atoms with Gasteiger partial charge in [0.1, 0.15) is 17.2 Å². The van der Waals surface area contributed by atoms with Gasteiger partial charge in [-0.2, -0.15) is 5.10 Å². The van der Waals surface area contributed by atoms with Crippen LogP contribution in [0.4, 0.5) is 0 Å². The van der Waals surface area contributed by atoms with Crippen LogP contribution in [0.1, 0.15) is 36.5 Å². The molecule has 0 amide bonds. The average molecular weight is 327 g/mol. The van der Waals surface area contributed by atoms with Gasteiger partial charge in [0, 0.05) is 26.1 Å². The van der Waals surface area contributed by atoms with Crippen LogP contribution in [0.5, 0.6) is 5.75 Å². The van der Waals surface area contributed by atoms with E-state index in [1.54, 1.807) is 0 Å². The number of hydrogen-bond donors (Lipinski definition) is 2. The zero-order chi connectivity index (χ0) is 16.4. The van der Waals surface area contributed by atoms with Crippen molar-refractivity contribution in [3.63, 3.8) is 0 Å². The van der Waals surface area contributed by atoms with Gasteiger partial charge < -0.3 is 10.1 Å². The van der Waals surface area contributed by atoms with Gasteiger partial charge >= 0.3 is 0 Å². The van der Waals surface area contributed by atoms with Crippen molar-refractivity contribution in [2.45, 2.75) is 44.9 Å². The summed E-state index contributed by atoms with van der Waals surface area (Å²) in [5.74, 6) is 2.64. The van der Waals surface area contributed by atoms with E-state index in [2.05, 4.69) is 49.7 Å². The van der Waals surface area contributed by atoms with Gasteiger partial charge in [-0.1, -0.05) is 12.1 Å². The van der Waals surface area contributed by atoms with E-state index >= 15 is 0 Å². The average Bonchev–Trinajstić information content (AvgIpc) is 3.12. The third kappa shape index (κ3) is 3.44. The van der Waals surface area contributed by atoms with E-state index in [0.717, 1.165) is 36.9 Å². The van der Waals surface area contributed by atoms with Gasteiger partial charge in [-0.15, -0.1) is 0 Å². The van der Waals surface area contributed by atoms with E-state index in [9.17, 15) is 0 Å². The standard InChI is InChI=1S/C18H25N5O/c1-14-20-17(22-21-14)12-19-11-15-3-5-16(6-4-15)24-18-7-2-9-23(13-18)10-8-18/h3-6,19H,2,7-13H2,1H3,(H,20,21,22)/t18-/m1/s1. The molecular weight excluding hydrogens is 302 g/mol. The summed E-state index contributed by atoms with van der Waals surface area (Å²) in [4.78, 5) is 6.81. The van der Waals surface area contributed by atoms with Crippen LogP contribution in [0, 0.1) is 6.92 Å². The highest BCUT2D eigenvalue weighted by Gasteiger charge is 2.42. The Balaban J connectivity index is 1.30. The Labute approximate surface area is 142 Å². The van der Waals surface area contributed by atoms with Crippen molar-refractivity contribution in [2.24, 2.45) is 0 Å². The number of ether oxygens (including phenoxy) is 1. The topological polar surface area (TPSA) is 66.1 Å². The molecule has 0 saturated carbocycles. The molecular formula is C18H25N5O. The molecule has 2 N–H and O–H groups in total. The van der Waals surface area contributed by atoms with Gasteiger partial charge in [-0.25, -0.2) is 4.98 Å². The zero-order valence-electron chi connectivity index (χ0n) is 14.2. The van der Waals surface area contributed by atoms with E-state index in [0.29, 0.717) is 6.54 Å². The number of nitrogens with one attached hydrogen (secondary N) is 2. The van der Waals surface area contributed by atoms with Gasteiger partial charge in [-0.05, 0) is 44.0 Å². The predicted octanol–water partition coefficient (Wildman–Crippen LogP) is 2.02. The van der Waals surface area contributed by atoms with E-state index in [-0.39, 0.29) is 5.60 Å². The predicted molar refractivity (Wildman–Crippen MR) is 91.8 cm³/mol. The number of aromatic nitrogens is 3. The van der Waals surface area contributed by atoms with Crippen molar-refractivity contribution >= 4 is 0 Å². The molecule has 2 aliphatic heterocycles. The molecule has 2 aliphatic rings. The molecule has 128 valence electrons. The van der Waals surface area contributed by atoms with Gasteiger partial charge in [0.05, 0.1) is 6.54 Å². The first-order valence-corrected chi connectivity index (χ1v) is 8.80. The second kappa shape index (κ2) is 6.53. The molecule has 1 aromatic carbocycles. The van der Waals surface area contributed by atoms with Gasteiger partial charge in [0.2, 0.25) is 0 Å². The smallest absolute Gasteiger partial charge is 0.164 e. The van der Waals surface area contributed by atoms with E-state index < -0.39 is 0 Å². The molecule has 0 aliphatic carbocycles.